The number of hydrogen-bond acceptors (Lipinski definition) is 4. The van der Waals surface area contributed by atoms with Crippen LogP contribution in [0.2, 0.25) is 10.0 Å². The van der Waals surface area contributed by atoms with Gasteiger partial charge in [0.15, 0.2) is 0 Å². The predicted octanol–water partition coefficient (Wildman–Crippen LogP) is 3.66. The second-order valence-corrected chi connectivity index (χ2v) is 6.44. The van der Waals surface area contributed by atoms with Crippen LogP contribution in [0.1, 0.15) is 16.7 Å². The van der Waals surface area contributed by atoms with Crippen molar-refractivity contribution in [2.75, 3.05) is 20.1 Å². The van der Waals surface area contributed by atoms with Gasteiger partial charge in [-0.2, -0.15) is 0 Å². The zero-order valence-electron chi connectivity index (χ0n) is 11.1. The van der Waals surface area contributed by atoms with E-state index in [1.54, 1.807) is 29.5 Å². The number of rotatable bonds is 6. The van der Waals surface area contributed by atoms with E-state index in [9.17, 15) is 5.11 Å². The van der Waals surface area contributed by atoms with Crippen LogP contribution in [0, 0.1) is 0 Å². The molecule has 0 bridgehead atoms. The zero-order valence-corrected chi connectivity index (χ0v) is 13.4. The third-order valence-electron chi connectivity index (χ3n) is 3.00. The van der Waals surface area contributed by atoms with E-state index in [0.717, 1.165) is 18.0 Å². The smallest absolute Gasteiger partial charge is 0.0937 e. The zero-order chi connectivity index (χ0) is 14.5. The van der Waals surface area contributed by atoms with Crippen LogP contribution in [-0.2, 0) is 6.42 Å². The molecule has 0 spiro atoms. The lowest BCUT2D eigenvalue weighted by molar-refractivity contribution is 0.127. The highest BCUT2D eigenvalue weighted by Crippen LogP contribution is 2.26. The summed E-state index contributed by atoms with van der Waals surface area (Å²) in [6.07, 6.45) is 2.07. The van der Waals surface area contributed by atoms with Crippen LogP contribution in [0.25, 0.3) is 0 Å². The highest BCUT2D eigenvalue weighted by molar-refractivity contribution is 7.09. The molecule has 1 N–H and O–H groups in total. The number of nitrogens with zero attached hydrogens (tertiary/aromatic N) is 2. The van der Waals surface area contributed by atoms with Crippen LogP contribution in [0.15, 0.2) is 29.8 Å². The molecule has 0 fully saturated rings. The van der Waals surface area contributed by atoms with E-state index in [2.05, 4.69) is 9.88 Å². The Hall–Kier alpha value is -0.650. The fourth-order valence-electron chi connectivity index (χ4n) is 1.92. The van der Waals surface area contributed by atoms with Gasteiger partial charge < -0.3 is 10.0 Å². The van der Waals surface area contributed by atoms with Crippen molar-refractivity contribution in [2.24, 2.45) is 0 Å². The van der Waals surface area contributed by atoms with Gasteiger partial charge in [0.25, 0.3) is 0 Å². The lowest BCUT2D eigenvalue weighted by Crippen LogP contribution is -2.26. The summed E-state index contributed by atoms with van der Waals surface area (Å²) in [6, 6.07) is 5.16. The summed E-state index contributed by atoms with van der Waals surface area (Å²) in [6.45, 7) is 1.36. The third kappa shape index (κ3) is 4.43. The molecule has 0 amide bonds. The van der Waals surface area contributed by atoms with E-state index >= 15 is 0 Å². The molecule has 0 aliphatic rings. The van der Waals surface area contributed by atoms with Crippen molar-refractivity contribution in [3.05, 3.63) is 50.4 Å². The Kier molecular flexibility index (Phi) is 5.81. The number of likely N-dealkylation sites (N-methyl/N-ethyl adjacent to an activating group) is 1. The first-order valence-electron chi connectivity index (χ1n) is 6.26. The van der Waals surface area contributed by atoms with Gasteiger partial charge in [0.2, 0.25) is 0 Å². The van der Waals surface area contributed by atoms with Crippen molar-refractivity contribution in [3.63, 3.8) is 0 Å². The Bertz CT molecular complexity index is 548. The third-order valence-corrected chi connectivity index (χ3v) is 4.40. The summed E-state index contributed by atoms with van der Waals surface area (Å²) in [5.74, 6) is 0. The fraction of sp³-hybridized carbons (Fsp3) is 0.357. The Morgan fingerprint density at radius 1 is 1.40 bits per heavy atom. The van der Waals surface area contributed by atoms with Crippen LogP contribution in [0.5, 0.6) is 0 Å². The average Bonchev–Trinajstić information content (AvgIpc) is 2.89. The summed E-state index contributed by atoms with van der Waals surface area (Å²) in [5, 5.41) is 14.4. The minimum atomic E-state index is -0.624. The van der Waals surface area contributed by atoms with Gasteiger partial charge >= 0.3 is 0 Å². The van der Waals surface area contributed by atoms with E-state index in [0.29, 0.717) is 22.2 Å². The van der Waals surface area contributed by atoms with Crippen LogP contribution < -0.4 is 0 Å². The summed E-state index contributed by atoms with van der Waals surface area (Å²) in [4.78, 5) is 6.31. The van der Waals surface area contributed by atoms with Gasteiger partial charge in [0.1, 0.15) is 0 Å². The monoisotopic (exact) mass is 330 g/mol. The van der Waals surface area contributed by atoms with Gasteiger partial charge in [-0.3, -0.25) is 0 Å². The standard InChI is InChI=1S/C14H16Cl2N2OS/c1-18(6-4-14-17-5-7-20-14)9-13(19)11-3-2-10(15)8-12(11)16/h2-3,5,7-8,13,19H,4,6,9H2,1H3. The minimum Gasteiger partial charge on any atom is -0.387 e. The number of halogens is 2. The summed E-state index contributed by atoms with van der Waals surface area (Å²) >= 11 is 13.6. The molecule has 6 heteroatoms. The predicted molar refractivity (Wildman–Crippen MR) is 84.7 cm³/mol. The van der Waals surface area contributed by atoms with Gasteiger partial charge in [0, 0.05) is 46.7 Å². The lowest BCUT2D eigenvalue weighted by Gasteiger charge is -2.21. The SMILES string of the molecule is CN(CCc1nccs1)CC(O)c1ccc(Cl)cc1Cl. The average molecular weight is 331 g/mol. The molecular weight excluding hydrogens is 315 g/mol. The molecule has 1 unspecified atom stereocenters. The molecule has 2 rings (SSSR count). The maximum atomic E-state index is 10.2. The summed E-state index contributed by atoms with van der Waals surface area (Å²) < 4.78 is 0. The molecule has 1 atom stereocenters. The number of aromatic nitrogens is 1. The first-order valence-corrected chi connectivity index (χ1v) is 7.89. The highest BCUT2D eigenvalue weighted by Gasteiger charge is 2.14. The number of thiazole rings is 1. The number of aliphatic hydroxyl groups is 1. The molecule has 0 radical (unpaired) electrons. The van der Waals surface area contributed by atoms with Crippen molar-refractivity contribution in [3.8, 4) is 0 Å². The van der Waals surface area contributed by atoms with Crippen LogP contribution in [0.3, 0.4) is 0 Å². The molecular formula is C14H16Cl2N2OS. The Morgan fingerprint density at radius 3 is 2.85 bits per heavy atom. The second-order valence-electron chi connectivity index (χ2n) is 4.62. The normalized spacial score (nSPS) is 12.8. The molecule has 2 aromatic rings. The molecule has 1 aromatic carbocycles. The van der Waals surface area contributed by atoms with E-state index < -0.39 is 6.10 Å². The lowest BCUT2D eigenvalue weighted by atomic mass is 10.1. The van der Waals surface area contributed by atoms with Gasteiger partial charge in [-0.1, -0.05) is 29.3 Å². The van der Waals surface area contributed by atoms with E-state index in [1.807, 2.05) is 18.6 Å². The number of aliphatic hydroxyl groups excluding tert-OH is 1. The Labute approximate surface area is 132 Å². The minimum absolute atomic E-state index is 0.498. The van der Waals surface area contributed by atoms with Gasteiger partial charge in [-0.15, -0.1) is 11.3 Å². The first kappa shape index (κ1) is 15.7. The maximum Gasteiger partial charge on any atom is 0.0937 e. The van der Waals surface area contributed by atoms with Gasteiger partial charge in [0.05, 0.1) is 11.1 Å². The molecule has 1 aromatic heterocycles. The van der Waals surface area contributed by atoms with E-state index in [1.165, 1.54) is 0 Å². The van der Waals surface area contributed by atoms with Crippen molar-refractivity contribution in [1.29, 1.82) is 0 Å². The maximum absolute atomic E-state index is 10.2. The van der Waals surface area contributed by atoms with E-state index in [4.69, 9.17) is 23.2 Å². The highest BCUT2D eigenvalue weighted by atomic mass is 35.5. The number of benzene rings is 1. The van der Waals surface area contributed by atoms with E-state index in [-0.39, 0.29) is 0 Å². The van der Waals surface area contributed by atoms with Crippen LogP contribution in [-0.4, -0.2) is 35.1 Å². The molecule has 0 saturated carbocycles. The molecule has 1 heterocycles. The Balaban J connectivity index is 1.88. The van der Waals surface area contributed by atoms with Crippen LogP contribution in [0.4, 0.5) is 0 Å². The summed E-state index contributed by atoms with van der Waals surface area (Å²) in [5.41, 5.74) is 0.706. The molecule has 20 heavy (non-hydrogen) atoms. The van der Waals surface area contributed by atoms with Gasteiger partial charge in [-0.25, -0.2) is 4.98 Å². The van der Waals surface area contributed by atoms with Crippen molar-refractivity contribution in [1.82, 2.24) is 9.88 Å². The molecule has 3 nitrogen and oxygen atoms in total. The van der Waals surface area contributed by atoms with Crippen molar-refractivity contribution in [2.45, 2.75) is 12.5 Å². The molecule has 108 valence electrons. The van der Waals surface area contributed by atoms with Gasteiger partial charge in [-0.05, 0) is 19.2 Å². The molecule has 0 saturated heterocycles. The molecule has 0 aliphatic carbocycles. The molecule has 0 aliphatic heterocycles. The topological polar surface area (TPSA) is 36.4 Å². The van der Waals surface area contributed by atoms with Crippen molar-refractivity contribution >= 4 is 34.5 Å². The fourth-order valence-corrected chi connectivity index (χ4v) is 3.06. The summed E-state index contributed by atoms with van der Waals surface area (Å²) in [7, 11) is 1.97. The first-order chi connectivity index (χ1) is 9.56. The quantitative estimate of drug-likeness (QED) is 0.878. The Morgan fingerprint density at radius 2 is 2.20 bits per heavy atom. The van der Waals surface area contributed by atoms with Crippen molar-refractivity contribution < 1.29 is 5.11 Å². The van der Waals surface area contributed by atoms with Crippen LogP contribution >= 0.6 is 34.5 Å². The number of hydrogen-bond donors (Lipinski definition) is 1. The second kappa shape index (κ2) is 7.38. The largest absolute Gasteiger partial charge is 0.387 e.